The Balaban J connectivity index is 1.87. The van der Waals surface area contributed by atoms with E-state index in [0.29, 0.717) is 25.9 Å². The number of fused-ring (bicyclic) bond motifs is 3. The van der Waals surface area contributed by atoms with Gasteiger partial charge in [-0.05, 0) is 66.2 Å². The quantitative estimate of drug-likeness (QED) is 0.328. The lowest BCUT2D eigenvalue weighted by Crippen LogP contribution is -2.87. The summed E-state index contributed by atoms with van der Waals surface area (Å²) in [6.45, 7) is 21.3. The normalized spacial score (nSPS) is 46.8. The molecule has 4 fully saturated rings. The highest BCUT2D eigenvalue weighted by Gasteiger charge is 2.81. The van der Waals surface area contributed by atoms with Gasteiger partial charge in [-0.15, -0.1) is 6.58 Å². The Morgan fingerprint density at radius 1 is 1.18 bits per heavy atom. The predicted molar refractivity (Wildman–Crippen MR) is 149 cm³/mol. The number of rotatable bonds is 6. The molecule has 0 aromatic heterocycles. The number of ketones is 1. The van der Waals surface area contributed by atoms with Gasteiger partial charge in [0.1, 0.15) is 17.8 Å². The molecule has 4 aliphatic rings. The van der Waals surface area contributed by atoms with Gasteiger partial charge in [0.25, 0.3) is 0 Å². The van der Waals surface area contributed by atoms with Crippen LogP contribution in [0.3, 0.4) is 0 Å². The first-order valence-electron chi connectivity index (χ1n) is 14.7. The zero-order valence-electron chi connectivity index (χ0n) is 25.9. The molecule has 0 spiro atoms. The summed E-state index contributed by atoms with van der Waals surface area (Å²) >= 11 is 0. The predicted octanol–water partition coefficient (Wildman–Crippen LogP) is 3.44. The van der Waals surface area contributed by atoms with Crippen molar-refractivity contribution in [3.05, 3.63) is 12.7 Å². The van der Waals surface area contributed by atoms with Crippen molar-refractivity contribution in [2.24, 2.45) is 16.7 Å². The van der Waals surface area contributed by atoms with Crippen molar-refractivity contribution in [3.8, 4) is 0 Å². The number of esters is 1. The fourth-order valence-electron chi connectivity index (χ4n) is 8.29. The molecule has 2 saturated carbocycles. The van der Waals surface area contributed by atoms with Gasteiger partial charge in [0.05, 0.1) is 24.9 Å². The van der Waals surface area contributed by atoms with Crippen molar-refractivity contribution in [2.75, 3.05) is 13.2 Å². The summed E-state index contributed by atoms with van der Waals surface area (Å²) in [5.74, 6) is -2.61. The Hall–Kier alpha value is -1.36. The molecule has 40 heavy (non-hydrogen) atoms. The average Bonchev–Trinajstić information content (AvgIpc) is 3.26. The maximum Gasteiger partial charge on any atom is 0.320 e. The van der Waals surface area contributed by atoms with Crippen LogP contribution in [0.25, 0.3) is 0 Å². The summed E-state index contributed by atoms with van der Waals surface area (Å²) in [6.07, 6.45) is 0.738. The van der Waals surface area contributed by atoms with Crippen LogP contribution in [-0.4, -0.2) is 81.6 Å². The van der Waals surface area contributed by atoms with E-state index in [1.54, 1.807) is 26.8 Å². The summed E-state index contributed by atoms with van der Waals surface area (Å²) in [5, 5.41) is 28.4. The number of nitrogens with one attached hydrogen (secondary N) is 1. The van der Waals surface area contributed by atoms with Crippen molar-refractivity contribution in [2.45, 2.75) is 141 Å². The third-order valence-electron chi connectivity index (χ3n) is 10.3. The molecule has 9 heteroatoms. The molecule has 9 nitrogen and oxygen atoms in total. The Kier molecular flexibility index (Phi) is 7.77. The van der Waals surface area contributed by atoms with Crippen LogP contribution in [0, 0.1) is 16.7 Å². The third-order valence-corrected chi connectivity index (χ3v) is 10.3. The minimum absolute atomic E-state index is 0.0250. The van der Waals surface area contributed by atoms with Crippen LogP contribution in [-0.2, 0) is 28.5 Å². The van der Waals surface area contributed by atoms with Gasteiger partial charge in [0.2, 0.25) is 0 Å². The number of aliphatic hydroxyl groups excluding tert-OH is 1. The zero-order valence-corrected chi connectivity index (χ0v) is 25.9. The van der Waals surface area contributed by atoms with Crippen LogP contribution >= 0.6 is 0 Å². The first-order valence-corrected chi connectivity index (χ1v) is 14.7. The summed E-state index contributed by atoms with van der Waals surface area (Å²) in [4.78, 5) is 27.5. The van der Waals surface area contributed by atoms with Crippen LogP contribution in [0.1, 0.15) is 94.4 Å². The molecule has 0 aromatic rings. The summed E-state index contributed by atoms with van der Waals surface area (Å²) in [7, 11) is 0. The number of aliphatic hydroxyl groups is 2. The molecule has 228 valence electrons. The highest BCUT2D eigenvalue weighted by molar-refractivity contribution is 5.92. The van der Waals surface area contributed by atoms with E-state index in [1.165, 1.54) is 0 Å². The fraction of sp³-hybridized carbons (Fsp3) is 0.871. The van der Waals surface area contributed by atoms with E-state index in [9.17, 15) is 19.8 Å². The molecule has 4 rings (SSSR count). The van der Waals surface area contributed by atoms with Crippen molar-refractivity contribution < 1.29 is 38.7 Å². The molecule has 2 saturated heterocycles. The van der Waals surface area contributed by atoms with Crippen LogP contribution in [0.15, 0.2) is 12.7 Å². The molecule has 2 heterocycles. The summed E-state index contributed by atoms with van der Waals surface area (Å²) in [5.41, 5.74) is -7.21. The number of hydrogen-bond acceptors (Lipinski definition) is 9. The minimum Gasteiger partial charge on any atom is -0.461 e. The van der Waals surface area contributed by atoms with Gasteiger partial charge in [0.15, 0.2) is 17.2 Å². The van der Waals surface area contributed by atoms with Crippen molar-refractivity contribution >= 4 is 11.8 Å². The molecule has 2 aliphatic carbocycles. The first kappa shape index (κ1) is 31.6. The SMILES string of the molecule is C=C[C@@]1(C)CC(=O)[C@]2(O)[C@@]3(C)[C@@H](OC(=O)CNC(C)(C)C)CCC(C)(C)[C@@H]3[C@H](O)[C@H](OC3(C)CCCO3)[C@@]2(C)O1. The van der Waals surface area contributed by atoms with Gasteiger partial charge in [0, 0.05) is 29.7 Å². The van der Waals surface area contributed by atoms with Gasteiger partial charge in [-0.3, -0.25) is 9.59 Å². The maximum atomic E-state index is 14.4. The van der Waals surface area contributed by atoms with Crippen LogP contribution in [0.2, 0.25) is 0 Å². The van der Waals surface area contributed by atoms with Crippen LogP contribution in [0.5, 0.6) is 0 Å². The van der Waals surface area contributed by atoms with Crippen LogP contribution < -0.4 is 5.32 Å². The molecule has 9 atom stereocenters. The lowest BCUT2D eigenvalue weighted by Gasteiger charge is -2.71. The molecular formula is C31H51NO8. The molecule has 2 aliphatic heterocycles. The van der Waals surface area contributed by atoms with E-state index in [-0.39, 0.29) is 18.5 Å². The molecular weight excluding hydrogens is 514 g/mol. The Labute approximate surface area is 239 Å². The standard InChI is InChI=1S/C31H51NO8/c1-11-27(7)17-19(33)31(36)29(9)20(38-21(34)18-32-25(2,3)4)13-15-26(5,6)23(29)22(35)24(30(31,10)40-27)39-28(8)14-12-16-37-28/h11,20,22-24,32,35-36H,1,12-18H2,2-10H3/t20-,22-,23-,24-,27-,28?,29-,30+,31-/m0/s1. The Morgan fingerprint density at radius 2 is 1.82 bits per heavy atom. The lowest BCUT2D eigenvalue weighted by atomic mass is 9.39. The number of carbonyl (C=O) groups is 2. The van der Waals surface area contributed by atoms with Crippen LogP contribution in [0.4, 0.5) is 0 Å². The number of ether oxygens (including phenoxy) is 4. The van der Waals surface area contributed by atoms with Crippen molar-refractivity contribution in [3.63, 3.8) is 0 Å². The number of hydrogen-bond donors (Lipinski definition) is 3. The van der Waals surface area contributed by atoms with Gasteiger partial charge in [-0.25, -0.2) is 0 Å². The number of Topliss-reactive ketones (excluding diaryl/α,β-unsaturated/α-hetero) is 1. The summed E-state index contributed by atoms with van der Waals surface area (Å²) < 4.78 is 25.3. The lowest BCUT2D eigenvalue weighted by molar-refractivity contribution is -0.396. The van der Waals surface area contributed by atoms with Gasteiger partial charge < -0.3 is 34.5 Å². The molecule has 0 amide bonds. The van der Waals surface area contributed by atoms with E-state index in [0.717, 1.165) is 6.42 Å². The van der Waals surface area contributed by atoms with E-state index in [4.69, 9.17) is 18.9 Å². The van der Waals surface area contributed by atoms with E-state index >= 15 is 0 Å². The monoisotopic (exact) mass is 565 g/mol. The second kappa shape index (κ2) is 9.85. The Morgan fingerprint density at radius 3 is 2.38 bits per heavy atom. The molecule has 0 aromatic carbocycles. The second-order valence-electron chi connectivity index (χ2n) is 15.0. The number of carbonyl (C=O) groups excluding carboxylic acids is 2. The average molecular weight is 566 g/mol. The molecule has 1 unspecified atom stereocenters. The highest BCUT2D eigenvalue weighted by Crippen LogP contribution is 2.68. The first-order chi connectivity index (χ1) is 18.2. The van der Waals surface area contributed by atoms with Crippen molar-refractivity contribution in [1.29, 1.82) is 0 Å². The fourth-order valence-corrected chi connectivity index (χ4v) is 8.29. The molecule has 0 radical (unpaired) electrons. The highest BCUT2D eigenvalue weighted by atomic mass is 16.7. The zero-order chi connectivity index (χ0) is 30.2. The van der Waals surface area contributed by atoms with Gasteiger partial charge in [-0.2, -0.15) is 0 Å². The largest absolute Gasteiger partial charge is 0.461 e. The molecule has 3 N–H and O–H groups in total. The van der Waals surface area contributed by atoms with E-state index in [1.807, 2.05) is 41.5 Å². The smallest absolute Gasteiger partial charge is 0.320 e. The Bertz CT molecular complexity index is 1030. The van der Waals surface area contributed by atoms with Gasteiger partial charge >= 0.3 is 5.97 Å². The molecule has 0 bridgehead atoms. The topological polar surface area (TPSA) is 124 Å². The van der Waals surface area contributed by atoms with E-state index < -0.39 is 69.4 Å². The maximum absolute atomic E-state index is 14.4. The second-order valence-corrected chi connectivity index (χ2v) is 15.0. The van der Waals surface area contributed by atoms with Gasteiger partial charge in [-0.1, -0.05) is 26.8 Å². The van der Waals surface area contributed by atoms with Crippen molar-refractivity contribution in [1.82, 2.24) is 5.32 Å². The minimum atomic E-state index is -2.16. The summed E-state index contributed by atoms with van der Waals surface area (Å²) in [6, 6.07) is 0. The van der Waals surface area contributed by atoms with E-state index in [2.05, 4.69) is 11.9 Å². The third kappa shape index (κ3) is 4.78.